The number of aromatic nitrogens is 1. The number of piperazine rings is 1. The van der Waals surface area contributed by atoms with Crippen LogP contribution >= 0.6 is 0 Å². The number of imide groups is 1. The van der Waals surface area contributed by atoms with E-state index in [0.717, 1.165) is 28.1 Å². The minimum atomic E-state index is -3.77. The Hall–Kier alpha value is -3.47. The van der Waals surface area contributed by atoms with Crippen LogP contribution in [0, 0.1) is 13.8 Å². The molecule has 0 unspecified atom stereocenters. The van der Waals surface area contributed by atoms with Crippen molar-refractivity contribution in [3.8, 4) is 0 Å². The van der Waals surface area contributed by atoms with Crippen LogP contribution in [0.1, 0.15) is 28.4 Å². The first-order valence-corrected chi connectivity index (χ1v) is 13.3. The molecule has 2 aliphatic heterocycles. The lowest BCUT2D eigenvalue weighted by atomic mass is 10.1. The fraction of sp³-hybridized carbons (Fsp3) is 0.417. The van der Waals surface area contributed by atoms with Gasteiger partial charge in [0, 0.05) is 64.3 Å². The average Bonchev–Trinajstić information content (AvgIpc) is 3.19. The molecule has 2 saturated heterocycles. The van der Waals surface area contributed by atoms with Crippen LogP contribution in [0.3, 0.4) is 0 Å². The van der Waals surface area contributed by atoms with Gasteiger partial charge in [-0.25, -0.2) is 18.2 Å². The number of carbonyl (C=O) groups is 3. The maximum absolute atomic E-state index is 13.4. The molecular weight excluding hydrogens is 470 g/mol. The van der Waals surface area contributed by atoms with Crippen LogP contribution in [-0.4, -0.2) is 86.6 Å². The third-order valence-electron chi connectivity index (χ3n) is 6.35. The summed E-state index contributed by atoms with van der Waals surface area (Å²) in [5.41, 5.74) is 2.56. The van der Waals surface area contributed by atoms with E-state index in [1.165, 1.54) is 24.0 Å². The molecule has 0 bridgehead atoms. The number of urea groups is 1. The number of nitrogens with zero attached hydrogens (tertiary/aromatic N) is 5. The average molecular weight is 500 g/mol. The Morgan fingerprint density at radius 1 is 0.971 bits per heavy atom. The normalized spacial score (nSPS) is 16.7. The fourth-order valence-electron chi connectivity index (χ4n) is 4.56. The van der Waals surface area contributed by atoms with Gasteiger partial charge in [0.25, 0.3) is 5.91 Å². The molecule has 2 aromatic rings. The summed E-state index contributed by atoms with van der Waals surface area (Å²) in [5.74, 6) is 0.143. The summed E-state index contributed by atoms with van der Waals surface area (Å²) in [6.45, 7) is 7.80. The Morgan fingerprint density at radius 2 is 1.66 bits per heavy atom. The van der Waals surface area contributed by atoms with Gasteiger partial charge in [0.1, 0.15) is 5.82 Å². The van der Waals surface area contributed by atoms with E-state index >= 15 is 0 Å². The Morgan fingerprint density at radius 3 is 2.23 bits per heavy atom. The summed E-state index contributed by atoms with van der Waals surface area (Å²) in [4.78, 5) is 48.2. The van der Waals surface area contributed by atoms with Crippen LogP contribution in [0.4, 0.5) is 16.3 Å². The molecule has 2 aliphatic rings. The summed E-state index contributed by atoms with van der Waals surface area (Å²) >= 11 is 0. The number of carbonyl (C=O) groups excluding carboxylic acids is 3. The van der Waals surface area contributed by atoms with Crippen molar-refractivity contribution in [1.82, 2.24) is 14.8 Å². The molecule has 4 rings (SSSR count). The van der Waals surface area contributed by atoms with Gasteiger partial charge in [-0.05, 0) is 43.2 Å². The van der Waals surface area contributed by atoms with Crippen molar-refractivity contribution in [3.05, 3.63) is 47.2 Å². The number of aryl methyl sites for hydroxylation is 2. The molecule has 2 fully saturated rings. The van der Waals surface area contributed by atoms with E-state index in [2.05, 4.69) is 16.0 Å². The smallest absolute Gasteiger partial charge is 0.331 e. The Labute approximate surface area is 205 Å². The molecule has 4 amide bonds. The molecule has 1 aromatic carbocycles. The third-order valence-corrected chi connectivity index (χ3v) is 7.49. The van der Waals surface area contributed by atoms with Gasteiger partial charge in [0.15, 0.2) is 9.84 Å². The van der Waals surface area contributed by atoms with Crippen LogP contribution in [0.15, 0.2) is 35.4 Å². The largest absolute Gasteiger partial charge is 0.353 e. The van der Waals surface area contributed by atoms with E-state index in [-0.39, 0.29) is 35.4 Å². The molecule has 3 heterocycles. The number of rotatable bonds is 4. The molecule has 1 aromatic heterocycles. The van der Waals surface area contributed by atoms with Gasteiger partial charge in [-0.3, -0.25) is 19.4 Å². The summed E-state index contributed by atoms with van der Waals surface area (Å²) in [6.07, 6.45) is 2.86. The zero-order chi connectivity index (χ0) is 25.5. The molecule has 11 heteroatoms. The monoisotopic (exact) mass is 499 g/mol. The minimum absolute atomic E-state index is 0.0735. The number of amides is 4. The zero-order valence-electron chi connectivity index (χ0n) is 20.3. The maximum atomic E-state index is 13.4. The molecule has 0 radical (unpaired) electrons. The van der Waals surface area contributed by atoms with Crippen molar-refractivity contribution in [1.29, 1.82) is 0 Å². The molecule has 0 aliphatic carbocycles. The van der Waals surface area contributed by atoms with Crippen molar-refractivity contribution >= 4 is 39.2 Å². The first kappa shape index (κ1) is 24.6. The molecular formula is C24H29N5O5S. The highest BCUT2D eigenvalue weighted by Crippen LogP contribution is 2.28. The zero-order valence-corrected chi connectivity index (χ0v) is 21.1. The molecule has 10 nitrogen and oxygen atoms in total. The molecule has 35 heavy (non-hydrogen) atoms. The standard InChI is InChI=1S/C24H29N5O5S/c1-16-13-17(2)22(25-15-16)26-7-9-27(10-8-26)23(31)20-6-5-19(14-21(20)35(4,33)34)29-12-11-28(18(3)30)24(29)32/h5-6,13-15H,7-12H2,1-4H3. The Bertz CT molecular complexity index is 1300. The molecule has 186 valence electrons. The van der Waals surface area contributed by atoms with Gasteiger partial charge >= 0.3 is 6.03 Å². The summed E-state index contributed by atoms with van der Waals surface area (Å²) < 4.78 is 25.2. The highest BCUT2D eigenvalue weighted by atomic mass is 32.2. The number of anilines is 2. The van der Waals surface area contributed by atoms with Gasteiger partial charge in [0.2, 0.25) is 5.91 Å². The van der Waals surface area contributed by atoms with E-state index in [1.807, 2.05) is 20.0 Å². The molecule has 0 saturated carbocycles. The van der Waals surface area contributed by atoms with Gasteiger partial charge in [-0.2, -0.15) is 0 Å². The van der Waals surface area contributed by atoms with Crippen LogP contribution < -0.4 is 9.80 Å². The van der Waals surface area contributed by atoms with Crippen LogP contribution in [0.5, 0.6) is 0 Å². The van der Waals surface area contributed by atoms with Crippen molar-refractivity contribution in [2.24, 2.45) is 0 Å². The first-order chi connectivity index (χ1) is 16.5. The second kappa shape index (κ2) is 9.29. The number of benzene rings is 1. The predicted octanol–water partition coefficient (Wildman–Crippen LogP) is 1.85. The highest BCUT2D eigenvalue weighted by Gasteiger charge is 2.34. The highest BCUT2D eigenvalue weighted by molar-refractivity contribution is 7.90. The lowest BCUT2D eigenvalue weighted by Crippen LogP contribution is -2.49. The van der Waals surface area contributed by atoms with Crippen molar-refractivity contribution in [3.63, 3.8) is 0 Å². The van der Waals surface area contributed by atoms with E-state index in [9.17, 15) is 22.8 Å². The van der Waals surface area contributed by atoms with Gasteiger partial charge in [-0.1, -0.05) is 6.07 Å². The quantitative estimate of drug-likeness (QED) is 0.631. The lowest BCUT2D eigenvalue weighted by Gasteiger charge is -2.36. The third kappa shape index (κ3) is 4.86. The van der Waals surface area contributed by atoms with Crippen LogP contribution in [-0.2, 0) is 14.6 Å². The second-order valence-electron chi connectivity index (χ2n) is 8.99. The number of sulfone groups is 1. The van der Waals surface area contributed by atoms with Crippen LogP contribution in [0.2, 0.25) is 0 Å². The van der Waals surface area contributed by atoms with E-state index in [4.69, 9.17) is 0 Å². The number of pyridine rings is 1. The number of hydrogen-bond donors (Lipinski definition) is 0. The lowest BCUT2D eigenvalue weighted by molar-refractivity contribution is -0.125. The second-order valence-corrected chi connectivity index (χ2v) is 11.0. The van der Waals surface area contributed by atoms with E-state index in [1.54, 1.807) is 11.0 Å². The Balaban J connectivity index is 1.55. The summed E-state index contributed by atoms with van der Waals surface area (Å²) in [7, 11) is -3.77. The maximum Gasteiger partial charge on any atom is 0.331 e. The summed E-state index contributed by atoms with van der Waals surface area (Å²) in [5, 5.41) is 0. The van der Waals surface area contributed by atoms with E-state index < -0.39 is 15.9 Å². The predicted molar refractivity (Wildman–Crippen MR) is 132 cm³/mol. The summed E-state index contributed by atoms with van der Waals surface area (Å²) in [6, 6.07) is 5.92. The number of hydrogen-bond acceptors (Lipinski definition) is 7. The van der Waals surface area contributed by atoms with Gasteiger partial charge in [-0.15, -0.1) is 0 Å². The Kier molecular flexibility index (Phi) is 6.54. The first-order valence-electron chi connectivity index (χ1n) is 11.4. The van der Waals surface area contributed by atoms with Crippen molar-refractivity contribution in [2.45, 2.75) is 25.7 Å². The molecule has 0 atom stereocenters. The SMILES string of the molecule is CC(=O)N1CCN(c2ccc(C(=O)N3CCN(c4ncc(C)cc4C)CC3)c(S(C)(=O)=O)c2)C1=O. The topological polar surface area (TPSA) is 111 Å². The van der Waals surface area contributed by atoms with Crippen molar-refractivity contribution in [2.75, 3.05) is 55.3 Å². The van der Waals surface area contributed by atoms with Gasteiger partial charge < -0.3 is 9.80 Å². The van der Waals surface area contributed by atoms with Gasteiger partial charge in [0.05, 0.1) is 10.5 Å². The minimum Gasteiger partial charge on any atom is -0.353 e. The fourth-order valence-corrected chi connectivity index (χ4v) is 5.45. The molecule has 0 N–H and O–H groups in total. The van der Waals surface area contributed by atoms with Crippen LogP contribution in [0.25, 0.3) is 0 Å². The van der Waals surface area contributed by atoms with Crippen molar-refractivity contribution < 1.29 is 22.8 Å². The van der Waals surface area contributed by atoms with E-state index in [0.29, 0.717) is 31.9 Å². The molecule has 0 spiro atoms.